The molecule has 0 saturated carbocycles. The molecule has 1 aliphatic rings. The summed E-state index contributed by atoms with van der Waals surface area (Å²) in [5.41, 5.74) is 3.46. The van der Waals surface area contributed by atoms with Gasteiger partial charge in [-0.3, -0.25) is 14.7 Å². The largest absolute Gasteiger partial charge is 0.337 e. The molecule has 1 fully saturated rings. The summed E-state index contributed by atoms with van der Waals surface area (Å²) in [6.45, 7) is 8.52. The van der Waals surface area contributed by atoms with Gasteiger partial charge < -0.3 is 4.90 Å². The Morgan fingerprint density at radius 1 is 1.08 bits per heavy atom. The summed E-state index contributed by atoms with van der Waals surface area (Å²) in [7, 11) is 0. The predicted octanol–water partition coefficient (Wildman–Crippen LogP) is 3.56. The van der Waals surface area contributed by atoms with Gasteiger partial charge in [0.15, 0.2) is 0 Å². The second-order valence-corrected chi connectivity index (χ2v) is 7.08. The minimum atomic E-state index is 0.0930. The summed E-state index contributed by atoms with van der Waals surface area (Å²) in [4.78, 5) is 21.1. The van der Waals surface area contributed by atoms with Gasteiger partial charge in [0.2, 0.25) is 5.91 Å². The Balaban J connectivity index is 1.48. The Kier molecular flexibility index (Phi) is 6.18. The maximum atomic E-state index is 12.4. The molecule has 0 unspecified atom stereocenters. The van der Waals surface area contributed by atoms with Crippen molar-refractivity contribution in [1.82, 2.24) is 14.8 Å². The lowest BCUT2D eigenvalue weighted by Gasteiger charge is -2.34. The van der Waals surface area contributed by atoms with Gasteiger partial charge in [0.25, 0.3) is 0 Å². The van der Waals surface area contributed by atoms with Gasteiger partial charge in [0, 0.05) is 45.0 Å². The molecule has 1 saturated heterocycles. The highest BCUT2D eigenvalue weighted by Crippen LogP contribution is 2.15. The first-order valence-corrected chi connectivity index (χ1v) is 9.31. The Morgan fingerprint density at radius 2 is 1.81 bits per heavy atom. The van der Waals surface area contributed by atoms with Crippen molar-refractivity contribution < 1.29 is 4.79 Å². The van der Waals surface area contributed by atoms with E-state index < -0.39 is 0 Å². The predicted molar refractivity (Wildman–Crippen MR) is 106 cm³/mol. The molecule has 0 atom stereocenters. The summed E-state index contributed by atoms with van der Waals surface area (Å²) in [5, 5.41) is 0. The van der Waals surface area contributed by atoms with Crippen molar-refractivity contribution in [3.05, 3.63) is 71.6 Å². The number of nitrogens with zero attached hydrogens (tertiary/aromatic N) is 3. The zero-order chi connectivity index (χ0) is 18.4. The Labute approximate surface area is 156 Å². The van der Waals surface area contributed by atoms with Crippen molar-refractivity contribution in [1.29, 1.82) is 0 Å². The number of aromatic nitrogens is 1. The number of piperazine rings is 1. The van der Waals surface area contributed by atoms with Crippen LogP contribution in [0.25, 0.3) is 6.08 Å². The van der Waals surface area contributed by atoms with Crippen molar-refractivity contribution in [2.24, 2.45) is 0 Å². The Bertz CT molecular complexity index is 730. The van der Waals surface area contributed by atoms with Crippen molar-refractivity contribution in [2.45, 2.75) is 26.3 Å². The monoisotopic (exact) mass is 349 g/mol. The fourth-order valence-electron chi connectivity index (χ4n) is 3.11. The molecular formula is C22H27N3O. The van der Waals surface area contributed by atoms with E-state index in [0.717, 1.165) is 44.0 Å². The van der Waals surface area contributed by atoms with Crippen molar-refractivity contribution in [2.75, 3.05) is 26.2 Å². The van der Waals surface area contributed by atoms with E-state index in [-0.39, 0.29) is 5.91 Å². The average molecular weight is 349 g/mol. The zero-order valence-corrected chi connectivity index (χ0v) is 15.6. The van der Waals surface area contributed by atoms with Crippen molar-refractivity contribution in [3.63, 3.8) is 0 Å². The molecule has 0 N–H and O–H groups in total. The number of rotatable bonds is 5. The molecule has 1 aliphatic heterocycles. The third-order valence-corrected chi connectivity index (χ3v) is 4.82. The van der Waals surface area contributed by atoms with Gasteiger partial charge in [-0.1, -0.05) is 44.2 Å². The van der Waals surface area contributed by atoms with Crippen molar-refractivity contribution in [3.8, 4) is 0 Å². The average Bonchev–Trinajstić information content (AvgIpc) is 2.68. The molecule has 1 aromatic carbocycles. The van der Waals surface area contributed by atoms with E-state index in [1.54, 1.807) is 6.08 Å². The minimum absolute atomic E-state index is 0.0930. The third kappa shape index (κ3) is 5.02. The number of carbonyl (C=O) groups is 1. The fraction of sp³-hybridized carbons (Fsp3) is 0.364. The van der Waals surface area contributed by atoms with Gasteiger partial charge in [-0.2, -0.15) is 0 Å². The number of hydrogen-bond donors (Lipinski definition) is 0. The van der Waals surface area contributed by atoms with E-state index in [0.29, 0.717) is 5.92 Å². The first-order valence-electron chi connectivity index (χ1n) is 9.31. The molecule has 4 heteroatoms. The van der Waals surface area contributed by atoms with E-state index in [1.165, 1.54) is 5.56 Å². The molecule has 1 amide bonds. The molecule has 3 rings (SSSR count). The molecule has 26 heavy (non-hydrogen) atoms. The number of hydrogen-bond acceptors (Lipinski definition) is 3. The second-order valence-electron chi connectivity index (χ2n) is 7.08. The van der Waals surface area contributed by atoms with Gasteiger partial charge in [0.05, 0.1) is 5.69 Å². The second kappa shape index (κ2) is 8.77. The molecule has 4 nitrogen and oxygen atoms in total. The van der Waals surface area contributed by atoms with Gasteiger partial charge in [-0.25, -0.2) is 0 Å². The van der Waals surface area contributed by atoms with Crippen LogP contribution in [0.5, 0.6) is 0 Å². The van der Waals surface area contributed by atoms with Crippen LogP contribution >= 0.6 is 0 Å². The third-order valence-electron chi connectivity index (χ3n) is 4.82. The number of amides is 1. The highest BCUT2D eigenvalue weighted by Gasteiger charge is 2.19. The molecule has 0 bridgehead atoms. The van der Waals surface area contributed by atoms with Crippen LogP contribution in [0.2, 0.25) is 0 Å². The maximum Gasteiger partial charge on any atom is 0.246 e. The topological polar surface area (TPSA) is 36.4 Å². The van der Waals surface area contributed by atoms with E-state index in [9.17, 15) is 4.79 Å². The highest BCUT2D eigenvalue weighted by atomic mass is 16.2. The minimum Gasteiger partial charge on any atom is -0.337 e. The van der Waals surface area contributed by atoms with Crippen LogP contribution in [-0.4, -0.2) is 46.9 Å². The van der Waals surface area contributed by atoms with Crippen LogP contribution in [-0.2, 0) is 11.3 Å². The number of pyridine rings is 1. The van der Waals surface area contributed by atoms with E-state index >= 15 is 0 Å². The first-order chi connectivity index (χ1) is 12.6. The molecule has 2 heterocycles. The SMILES string of the molecule is CC(C)c1ccc(/C=C/C(=O)N2CCN(Cc3ccccn3)CC2)cc1. The quantitative estimate of drug-likeness (QED) is 0.775. The Morgan fingerprint density at radius 3 is 2.42 bits per heavy atom. The number of carbonyl (C=O) groups excluding carboxylic acids is 1. The lowest BCUT2D eigenvalue weighted by atomic mass is 10.0. The van der Waals surface area contributed by atoms with E-state index in [4.69, 9.17) is 0 Å². The van der Waals surface area contributed by atoms with Crippen LogP contribution in [0.4, 0.5) is 0 Å². The Hall–Kier alpha value is -2.46. The van der Waals surface area contributed by atoms with Crippen LogP contribution in [0.3, 0.4) is 0 Å². The van der Waals surface area contributed by atoms with Gasteiger partial charge in [-0.15, -0.1) is 0 Å². The molecule has 0 spiro atoms. The smallest absolute Gasteiger partial charge is 0.246 e. The lowest BCUT2D eigenvalue weighted by Crippen LogP contribution is -2.47. The van der Waals surface area contributed by atoms with Crippen LogP contribution < -0.4 is 0 Å². The lowest BCUT2D eigenvalue weighted by molar-refractivity contribution is -0.127. The van der Waals surface area contributed by atoms with E-state index in [1.807, 2.05) is 35.4 Å². The fourth-order valence-corrected chi connectivity index (χ4v) is 3.11. The van der Waals surface area contributed by atoms with Gasteiger partial charge in [-0.05, 0) is 35.3 Å². The summed E-state index contributed by atoms with van der Waals surface area (Å²) in [5.74, 6) is 0.618. The normalized spacial score (nSPS) is 15.7. The zero-order valence-electron chi connectivity index (χ0n) is 15.6. The molecule has 136 valence electrons. The van der Waals surface area contributed by atoms with Gasteiger partial charge >= 0.3 is 0 Å². The highest BCUT2D eigenvalue weighted by molar-refractivity contribution is 5.91. The van der Waals surface area contributed by atoms with Crippen LogP contribution in [0.15, 0.2) is 54.7 Å². The van der Waals surface area contributed by atoms with Crippen molar-refractivity contribution >= 4 is 12.0 Å². The molecular weight excluding hydrogens is 322 g/mol. The maximum absolute atomic E-state index is 12.4. The number of benzene rings is 1. The van der Waals surface area contributed by atoms with Gasteiger partial charge in [0.1, 0.15) is 0 Å². The summed E-state index contributed by atoms with van der Waals surface area (Å²) >= 11 is 0. The molecule has 0 radical (unpaired) electrons. The van der Waals surface area contributed by atoms with Crippen LogP contribution in [0, 0.1) is 0 Å². The van der Waals surface area contributed by atoms with Crippen LogP contribution in [0.1, 0.15) is 36.6 Å². The standard InChI is InChI=1S/C22H27N3O/c1-18(2)20-9-6-19(7-10-20)8-11-22(26)25-15-13-24(14-16-25)17-21-5-3-4-12-23-21/h3-12,18H,13-17H2,1-2H3/b11-8+. The summed E-state index contributed by atoms with van der Waals surface area (Å²) < 4.78 is 0. The molecule has 2 aromatic rings. The van der Waals surface area contributed by atoms with E-state index in [2.05, 4.69) is 48.0 Å². The molecule has 1 aromatic heterocycles. The first kappa shape index (κ1) is 18.3. The summed E-state index contributed by atoms with van der Waals surface area (Å²) in [6.07, 6.45) is 5.43. The molecule has 0 aliphatic carbocycles. The summed E-state index contributed by atoms with van der Waals surface area (Å²) in [6, 6.07) is 14.4.